The van der Waals surface area contributed by atoms with Crippen molar-refractivity contribution in [3.63, 3.8) is 0 Å². The Hall–Kier alpha value is -0.900. The van der Waals surface area contributed by atoms with Gasteiger partial charge in [-0.1, -0.05) is 36.8 Å². The van der Waals surface area contributed by atoms with E-state index in [1.54, 1.807) is 0 Å². The molecule has 21 heavy (non-hydrogen) atoms. The van der Waals surface area contributed by atoms with Crippen molar-refractivity contribution in [2.45, 2.75) is 44.2 Å². The summed E-state index contributed by atoms with van der Waals surface area (Å²) in [6.45, 7) is 6.07. The van der Waals surface area contributed by atoms with E-state index in [0.29, 0.717) is 0 Å². The average molecular weight is 287 g/mol. The van der Waals surface area contributed by atoms with Crippen molar-refractivity contribution in [1.82, 2.24) is 9.80 Å². The topological polar surface area (TPSA) is 32.5 Å². The van der Waals surface area contributed by atoms with Crippen LogP contribution in [0.4, 0.5) is 0 Å². The Morgan fingerprint density at radius 3 is 2.29 bits per heavy atom. The van der Waals surface area contributed by atoms with E-state index in [1.165, 1.54) is 63.8 Å². The molecule has 0 bridgehead atoms. The number of hydrogen-bond acceptors (Lipinski definition) is 3. The third-order valence-corrected chi connectivity index (χ3v) is 5.15. The highest BCUT2D eigenvalue weighted by Gasteiger charge is 2.26. The summed E-state index contributed by atoms with van der Waals surface area (Å²) in [6, 6.07) is 11.5. The van der Waals surface area contributed by atoms with Crippen LogP contribution in [0, 0.1) is 0 Å². The second-order valence-electron chi connectivity index (χ2n) is 6.65. The van der Waals surface area contributed by atoms with Crippen molar-refractivity contribution in [2.75, 3.05) is 32.7 Å². The number of piperidine rings is 2. The Morgan fingerprint density at radius 2 is 1.62 bits per heavy atom. The minimum absolute atomic E-state index is 0.151. The van der Waals surface area contributed by atoms with E-state index in [0.717, 1.165) is 12.6 Å². The van der Waals surface area contributed by atoms with Crippen LogP contribution in [-0.2, 0) is 0 Å². The van der Waals surface area contributed by atoms with E-state index in [-0.39, 0.29) is 6.04 Å². The molecule has 1 unspecified atom stereocenters. The van der Waals surface area contributed by atoms with Gasteiger partial charge in [-0.25, -0.2) is 0 Å². The van der Waals surface area contributed by atoms with Crippen molar-refractivity contribution in [1.29, 1.82) is 0 Å². The van der Waals surface area contributed by atoms with Crippen LogP contribution in [0.3, 0.4) is 0 Å². The minimum Gasteiger partial charge on any atom is -0.323 e. The molecule has 0 aliphatic carbocycles. The summed E-state index contributed by atoms with van der Waals surface area (Å²) >= 11 is 0. The third kappa shape index (κ3) is 4.06. The van der Waals surface area contributed by atoms with E-state index in [9.17, 15) is 0 Å². The summed E-state index contributed by atoms with van der Waals surface area (Å²) in [5.74, 6) is 0. The lowest BCUT2D eigenvalue weighted by Crippen LogP contribution is -2.47. The van der Waals surface area contributed by atoms with Crippen LogP contribution in [0.25, 0.3) is 0 Å². The van der Waals surface area contributed by atoms with Crippen molar-refractivity contribution in [2.24, 2.45) is 5.73 Å². The quantitative estimate of drug-likeness (QED) is 0.924. The Labute approximate surface area is 129 Å². The molecule has 0 radical (unpaired) electrons. The van der Waals surface area contributed by atoms with Gasteiger partial charge in [-0.2, -0.15) is 0 Å². The van der Waals surface area contributed by atoms with Crippen LogP contribution in [-0.4, -0.2) is 48.6 Å². The van der Waals surface area contributed by atoms with Crippen LogP contribution < -0.4 is 5.73 Å². The Bertz CT molecular complexity index is 406. The van der Waals surface area contributed by atoms with Gasteiger partial charge in [0.2, 0.25) is 0 Å². The number of rotatable bonds is 4. The Balaban J connectivity index is 1.45. The zero-order valence-electron chi connectivity index (χ0n) is 13.1. The summed E-state index contributed by atoms with van der Waals surface area (Å²) < 4.78 is 0. The summed E-state index contributed by atoms with van der Waals surface area (Å²) in [6.07, 6.45) is 6.88. The molecule has 0 aromatic heterocycles. The van der Waals surface area contributed by atoms with Crippen molar-refractivity contribution in [3.8, 4) is 0 Å². The molecule has 1 aromatic carbocycles. The molecule has 2 heterocycles. The molecule has 2 saturated heterocycles. The maximum Gasteiger partial charge on any atom is 0.0424 e. The maximum atomic E-state index is 6.35. The molecule has 2 N–H and O–H groups in total. The van der Waals surface area contributed by atoms with Gasteiger partial charge >= 0.3 is 0 Å². The maximum absolute atomic E-state index is 6.35. The van der Waals surface area contributed by atoms with E-state index in [2.05, 4.69) is 40.1 Å². The van der Waals surface area contributed by atoms with Gasteiger partial charge in [0, 0.05) is 18.6 Å². The Kier molecular flexibility index (Phi) is 5.28. The van der Waals surface area contributed by atoms with Crippen LogP contribution in [0.15, 0.2) is 30.3 Å². The van der Waals surface area contributed by atoms with E-state index >= 15 is 0 Å². The SMILES string of the molecule is NC(CN1CCC(N2CCCCC2)CC1)c1ccccc1. The first kappa shape index (κ1) is 15.0. The third-order valence-electron chi connectivity index (χ3n) is 5.15. The van der Waals surface area contributed by atoms with Gasteiger partial charge in [0.05, 0.1) is 0 Å². The molecule has 1 aromatic rings. The van der Waals surface area contributed by atoms with E-state index < -0.39 is 0 Å². The highest BCUT2D eigenvalue weighted by molar-refractivity contribution is 5.18. The van der Waals surface area contributed by atoms with Crippen molar-refractivity contribution >= 4 is 0 Å². The van der Waals surface area contributed by atoms with Gasteiger partial charge in [-0.05, 0) is 57.4 Å². The monoisotopic (exact) mass is 287 g/mol. The largest absolute Gasteiger partial charge is 0.323 e. The summed E-state index contributed by atoms with van der Waals surface area (Å²) in [7, 11) is 0. The fourth-order valence-corrected chi connectivity index (χ4v) is 3.83. The van der Waals surface area contributed by atoms with Crippen LogP contribution in [0.1, 0.15) is 43.7 Å². The zero-order valence-corrected chi connectivity index (χ0v) is 13.1. The first-order valence-electron chi connectivity index (χ1n) is 8.60. The first-order valence-corrected chi connectivity index (χ1v) is 8.60. The lowest BCUT2D eigenvalue weighted by Gasteiger charge is -2.40. The molecule has 0 spiro atoms. The van der Waals surface area contributed by atoms with Gasteiger partial charge in [0.1, 0.15) is 0 Å². The number of likely N-dealkylation sites (tertiary alicyclic amines) is 2. The van der Waals surface area contributed by atoms with Crippen LogP contribution >= 0.6 is 0 Å². The Morgan fingerprint density at radius 1 is 0.952 bits per heavy atom. The molecule has 3 nitrogen and oxygen atoms in total. The molecule has 1 atom stereocenters. The molecular weight excluding hydrogens is 258 g/mol. The zero-order chi connectivity index (χ0) is 14.5. The second-order valence-corrected chi connectivity index (χ2v) is 6.65. The van der Waals surface area contributed by atoms with Gasteiger partial charge in [-0.15, -0.1) is 0 Å². The van der Waals surface area contributed by atoms with Gasteiger partial charge in [0.15, 0.2) is 0 Å². The van der Waals surface area contributed by atoms with Crippen LogP contribution in [0.5, 0.6) is 0 Å². The summed E-state index contributed by atoms with van der Waals surface area (Å²) in [5.41, 5.74) is 7.61. The molecule has 0 saturated carbocycles. The molecule has 2 fully saturated rings. The highest BCUT2D eigenvalue weighted by Crippen LogP contribution is 2.22. The van der Waals surface area contributed by atoms with Crippen molar-refractivity contribution < 1.29 is 0 Å². The fraction of sp³-hybridized carbons (Fsp3) is 0.667. The number of nitrogens with two attached hydrogens (primary N) is 1. The lowest BCUT2D eigenvalue weighted by molar-refractivity contribution is 0.0900. The average Bonchev–Trinajstić information content (AvgIpc) is 2.57. The predicted molar refractivity (Wildman–Crippen MR) is 88.3 cm³/mol. The molecule has 2 aliphatic heterocycles. The smallest absolute Gasteiger partial charge is 0.0424 e. The summed E-state index contributed by atoms with van der Waals surface area (Å²) in [5, 5.41) is 0. The van der Waals surface area contributed by atoms with Gasteiger partial charge in [0.25, 0.3) is 0 Å². The molecular formula is C18H29N3. The normalized spacial score (nSPS) is 24.0. The number of benzene rings is 1. The molecule has 2 aliphatic rings. The molecule has 3 rings (SSSR count). The fourth-order valence-electron chi connectivity index (χ4n) is 3.83. The minimum atomic E-state index is 0.151. The number of hydrogen-bond donors (Lipinski definition) is 1. The molecule has 0 amide bonds. The first-order chi connectivity index (χ1) is 10.3. The standard InChI is InChI=1S/C18H29N3/c19-18(16-7-3-1-4-8-16)15-20-13-9-17(10-14-20)21-11-5-2-6-12-21/h1,3-4,7-8,17-18H,2,5-6,9-15,19H2. The highest BCUT2D eigenvalue weighted by atomic mass is 15.2. The van der Waals surface area contributed by atoms with Crippen molar-refractivity contribution in [3.05, 3.63) is 35.9 Å². The molecule has 3 heteroatoms. The van der Waals surface area contributed by atoms with Gasteiger partial charge in [-0.3, -0.25) is 0 Å². The van der Waals surface area contributed by atoms with E-state index in [4.69, 9.17) is 5.73 Å². The van der Waals surface area contributed by atoms with Gasteiger partial charge < -0.3 is 15.5 Å². The number of nitrogens with zero attached hydrogens (tertiary/aromatic N) is 2. The summed E-state index contributed by atoms with van der Waals surface area (Å²) in [4.78, 5) is 5.29. The van der Waals surface area contributed by atoms with Crippen LogP contribution in [0.2, 0.25) is 0 Å². The lowest BCUT2D eigenvalue weighted by atomic mass is 9.99. The van der Waals surface area contributed by atoms with E-state index in [1.807, 2.05) is 0 Å². The molecule has 116 valence electrons. The second kappa shape index (κ2) is 7.39. The predicted octanol–water partition coefficient (Wildman–Crippen LogP) is 2.64.